The van der Waals surface area contributed by atoms with Gasteiger partial charge in [0, 0.05) is 17.4 Å². The molecule has 3 N–H and O–H groups in total. The number of anilines is 2. The largest absolute Gasteiger partial charge is 0.497 e. The van der Waals surface area contributed by atoms with Crippen molar-refractivity contribution in [3.63, 3.8) is 0 Å². The normalized spacial score (nSPS) is 10.5. The molecule has 0 aliphatic carbocycles. The lowest BCUT2D eigenvalue weighted by atomic mass is 10.1. The maximum atomic E-state index is 12.2. The van der Waals surface area contributed by atoms with Gasteiger partial charge in [0.05, 0.1) is 13.3 Å². The van der Waals surface area contributed by atoms with Crippen molar-refractivity contribution in [3.8, 4) is 11.5 Å². The number of benzene rings is 3. The number of hydrogen-bond acceptors (Lipinski definition) is 6. The smallest absolute Gasteiger partial charge is 0.329 e. The zero-order valence-electron chi connectivity index (χ0n) is 19.6. The Morgan fingerprint density at radius 3 is 2.29 bits per heavy atom. The average Bonchev–Trinajstić information content (AvgIpc) is 2.85. The van der Waals surface area contributed by atoms with Gasteiger partial charge >= 0.3 is 11.8 Å². The number of nitrogens with zero attached hydrogens (tertiary/aromatic N) is 1. The minimum atomic E-state index is -0.898. The van der Waals surface area contributed by atoms with Gasteiger partial charge in [0.25, 0.3) is 5.91 Å². The van der Waals surface area contributed by atoms with E-state index in [2.05, 4.69) is 21.2 Å². The molecule has 35 heavy (non-hydrogen) atoms. The van der Waals surface area contributed by atoms with E-state index in [-0.39, 0.29) is 12.5 Å². The second-order valence-electron chi connectivity index (χ2n) is 7.56. The number of ether oxygens (including phenoxy) is 2. The van der Waals surface area contributed by atoms with Crippen molar-refractivity contribution in [2.75, 3.05) is 24.4 Å². The zero-order valence-corrected chi connectivity index (χ0v) is 19.6. The van der Waals surface area contributed by atoms with Crippen LogP contribution in [0.4, 0.5) is 11.4 Å². The lowest BCUT2D eigenvalue weighted by Crippen LogP contribution is -2.32. The van der Waals surface area contributed by atoms with Crippen molar-refractivity contribution in [1.29, 1.82) is 0 Å². The number of carbonyl (C=O) groups is 3. The highest BCUT2D eigenvalue weighted by molar-refractivity contribution is 6.39. The predicted molar refractivity (Wildman–Crippen MR) is 134 cm³/mol. The molecule has 3 amide bonds. The zero-order chi connectivity index (χ0) is 25.2. The summed E-state index contributed by atoms with van der Waals surface area (Å²) in [6, 6.07) is 19.3. The van der Waals surface area contributed by atoms with Crippen LogP contribution in [0.15, 0.2) is 71.8 Å². The van der Waals surface area contributed by atoms with Gasteiger partial charge in [-0.15, -0.1) is 0 Å². The van der Waals surface area contributed by atoms with Crippen LogP contribution in [0, 0.1) is 13.8 Å². The van der Waals surface area contributed by atoms with Crippen LogP contribution in [-0.2, 0) is 14.4 Å². The molecule has 0 heterocycles. The third-order valence-electron chi connectivity index (χ3n) is 4.89. The number of rotatable bonds is 8. The number of methoxy groups -OCH3 is 1. The Kier molecular flexibility index (Phi) is 8.55. The van der Waals surface area contributed by atoms with Gasteiger partial charge in [-0.3, -0.25) is 14.4 Å². The quantitative estimate of drug-likeness (QED) is 0.263. The SMILES string of the molecule is COc1cccc(NC(=O)COc2cccc(/C=N\NC(=O)C(=O)Nc3c(C)cccc3C)c2)c1. The predicted octanol–water partition coefficient (Wildman–Crippen LogP) is 3.42. The number of amides is 3. The second kappa shape index (κ2) is 12.0. The van der Waals surface area contributed by atoms with Crippen molar-refractivity contribution >= 4 is 35.3 Å². The van der Waals surface area contributed by atoms with Crippen molar-refractivity contribution in [2.24, 2.45) is 5.10 Å². The molecule has 0 aromatic heterocycles. The Balaban J connectivity index is 1.50. The van der Waals surface area contributed by atoms with Crippen molar-refractivity contribution in [3.05, 3.63) is 83.4 Å². The van der Waals surface area contributed by atoms with Crippen molar-refractivity contribution in [1.82, 2.24) is 5.43 Å². The van der Waals surface area contributed by atoms with Crippen LogP contribution in [0.25, 0.3) is 0 Å². The molecule has 0 atom stereocenters. The average molecular weight is 475 g/mol. The van der Waals surface area contributed by atoms with Crippen LogP contribution in [0.2, 0.25) is 0 Å². The fourth-order valence-electron chi connectivity index (χ4n) is 3.13. The molecule has 0 saturated heterocycles. The lowest BCUT2D eigenvalue weighted by molar-refractivity contribution is -0.136. The minimum Gasteiger partial charge on any atom is -0.497 e. The summed E-state index contributed by atoms with van der Waals surface area (Å²) < 4.78 is 10.7. The highest BCUT2D eigenvalue weighted by Gasteiger charge is 2.15. The second-order valence-corrected chi connectivity index (χ2v) is 7.56. The maximum absolute atomic E-state index is 12.2. The third-order valence-corrected chi connectivity index (χ3v) is 4.89. The molecule has 3 aromatic carbocycles. The number of hydrazone groups is 1. The Morgan fingerprint density at radius 2 is 1.54 bits per heavy atom. The molecule has 0 aliphatic rings. The molecule has 0 spiro atoms. The summed E-state index contributed by atoms with van der Waals surface area (Å²) in [4.78, 5) is 36.4. The Hall–Kier alpha value is -4.66. The van der Waals surface area contributed by atoms with Gasteiger partial charge in [0.15, 0.2) is 6.61 Å². The summed E-state index contributed by atoms with van der Waals surface area (Å²) >= 11 is 0. The summed E-state index contributed by atoms with van der Waals surface area (Å²) in [7, 11) is 1.55. The molecular weight excluding hydrogens is 448 g/mol. The topological polar surface area (TPSA) is 118 Å². The number of nitrogens with one attached hydrogen (secondary N) is 3. The van der Waals surface area contributed by atoms with Gasteiger partial charge in [-0.2, -0.15) is 5.10 Å². The van der Waals surface area contributed by atoms with E-state index in [9.17, 15) is 14.4 Å². The van der Waals surface area contributed by atoms with Gasteiger partial charge in [-0.25, -0.2) is 5.43 Å². The van der Waals surface area contributed by atoms with E-state index in [0.717, 1.165) is 11.1 Å². The fraction of sp³-hybridized carbons (Fsp3) is 0.154. The Labute approximate surface area is 203 Å². The molecule has 0 aliphatic heterocycles. The maximum Gasteiger partial charge on any atom is 0.329 e. The molecule has 9 heteroatoms. The van der Waals surface area contributed by atoms with Gasteiger partial charge in [-0.05, 0) is 54.8 Å². The van der Waals surface area contributed by atoms with Crippen LogP contribution in [0.3, 0.4) is 0 Å². The summed E-state index contributed by atoms with van der Waals surface area (Å²) in [6.45, 7) is 3.49. The highest BCUT2D eigenvalue weighted by Crippen LogP contribution is 2.19. The van der Waals surface area contributed by atoms with E-state index in [1.165, 1.54) is 6.21 Å². The molecule has 0 saturated carbocycles. The number of hydrogen-bond donors (Lipinski definition) is 3. The number of carbonyl (C=O) groups excluding carboxylic acids is 3. The molecule has 9 nitrogen and oxygen atoms in total. The molecule has 0 unspecified atom stereocenters. The van der Waals surface area contributed by atoms with E-state index >= 15 is 0 Å². The molecule has 180 valence electrons. The third kappa shape index (κ3) is 7.43. The fourth-order valence-corrected chi connectivity index (χ4v) is 3.13. The van der Waals surface area contributed by atoms with Crippen LogP contribution >= 0.6 is 0 Å². The van der Waals surface area contributed by atoms with E-state index in [1.54, 1.807) is 55.6 Å². The van der Waals surface area contributed by atoms with Gasteiger partial charge in [0.1, 0.15) is 11.5 Å². The molecule has 0 fully saturated rings. The lowest BCUT2D eigenvalue weighted by Gasteiger charge is -2.10. The van der Waals surface area contributed by atoms with Crippen molar-refractivity contribution in [2.45, 2.75) is 13.8 Å². The highest BCUT2D eigenvalue weighted by atomic mass is 16.5. The van der Waals surface area contributed by atoms with Crippen LogP contribution in [0.1, 0.15) is 16.7 Å². The van der Waals surface area contributed by atoms with Gasteiger partial charge < -0.3 is 20.1 Å². The Morgan fingerprint density at radius 1 is 0.857 bits per heavy atom. The van der Waals surface area contributed by atoms with E-state index < -0.39 is 11.8 Å². The first-order chi connectivity index (χ1) is 16.9. The monoisotopic (exact) mass is 474 g/mol. The molecule has 0 bridgehead atoms. The van der Waals surface area contributed by atoms with Crippen molar-refractivity contribution < 1.29 is 23.9 Å². The first kappa shape index (κ1) is 25.0. The minimum absolute atomic E-state index is 0.201. The summed E-state index contributed by atoms with van der Waals surface area (Å²) in [5, 5.41) is 9.15. The molecule has 3 rings (SSSR count). The number of para-hydroxylation sites is 1. The van der Waals surface area contributed by atoms with Crippen LogP contribution in [0.5, 0.6) is 11.5 Å². The number of aryl methyl sites for hydroxylation is 2. The molecule has 0 radical (unpaired) electrons. The van der Waals surface area contributed by atoms with Crippen LogP contribution < -0.4 is 25.5 Å². The molecular formula is C26H26N4O5. The summed E-state index contributed by atoms with van der Waals surface area (Å²) in [5.41, 5.74) is 5.69. The first-order valence-corrected chi connectivity index (χ1v) is 10.7. The summed E-state index contributed by atoms with van der Waals surface area (Å²) in [5.74, 6) is -0.983. The van der Waals surface area contributed by atoms with Gasteiger partial charge in [0.2, 0.25) is 0 Å². The Bertz CT molecular complexity index is 1240. The van der Waals surface area contributed by atoms with Gasteiger partial charge in [-0.1, -0.05) is 36.4 Å². The van der Waals surface area contributed by atoms with E-state index in [0.29, 0.717) is 28.4 Å². The first-order valence-electron chi connectivity index (χ1n) is 10.7. The molecule has 3 aromatic rings. The summed E-state index contributed by atoms with van der Waals surface area (Å²) in [6.07, 6.45) is 1.37. The standard InChI is InChI=1S/C26H26N4O5/c1-17-7-4-8-18(2)24(17)29-25(32)26(33)30-27-15-19-9-5-12-22(13-19)35-16-23(31)28-20-10-6-11-21(14-20)34-3/h4-15H,16H2,1-3H3,(H,28,31)(H,29,32)(H,30,33)/b27-15-. The van der Waals surface area contributed by atoms with Crippen LogP contribution in [-0.4, -0.2) is 37.7 Å². The van der Waals surface area contributed by atoms with E-state index in [4.69, 9.17) is 9.47 Å². The van der Waals surface area contributed by atoms with E-state index in [1.807, 2.05) is 32.0 Å².